The molecule has 19 heavy (non-hydrogen) atoms. The zero-order valence-electron chi connectivity index (χ0n) is 11.1. The number of carboxylic acid groups (broad SMARTS) is 1. The number of likely N-dealkylation sites (tertiary alicyclic amines) is 1. The second-order valence-electron chi connectivity index (χ2n) is 5.83. The van der Waals surface area contributed by atoms with Gasteiger partial charge in [0.2, 0.25) is 5.91 Å². The van der Waals surface area contributed by atoms with Crippen molar-refractivity contribution in [2.45, 2.75) is 25.3 Å². The number of carbonyl (C=O) groups is 2. The van der Waals surface area contributed by atoms with Crippen molar-refractivity contribution in [2.24, 2.45) is 5.92 Å². The molecule has 0 aromatic heterocycles. The third-order valence-corrected chi connectivity index (χ3v) is 4.72. The van der Waals surface area contributed by atoms with Crippen LogP contribution in [0.15, 0.2) is 0 Å². The molecule has 6 nitrogen and oxygen atoms in total. The molecule has 1 N–H and O–H groups in total. The maximum atomic E-state index is 12.2. The molecule has 2 aliphatic heterocycles. The van der Waals surface area contributed by atoms with Crippen LogP contribution in [0.25, 0.3) is 0 Å². The van der Waals surface area contributed by atoms with E-state index in [1.165, 1.54) is 24.2 Å². The van der Waals surface area contributed by atoms with Crippen molar-refractivity contribution in [3.63, 3.8) is 0 Å². The molecule has 2 heterocycles. The van der Waals surface area contributed by atoms with Gasteiger partial charge in [-0.15, -0.1) is 0 Å². The highest BCUT2D eigenvalue weighted by Gasteiger charge is 2.39. The van der Waals surface area contributed by atoms with E-state index in [4.69, 9.17) is 5.11 Å². The Bertz CT molecular complexity index is 369. The maximum Gasteiger partial charge on any atom is 0.407 e. The van der Waals surface area contributed by atoms with Gasteiger partial charge in [-0.3, -0.25) is 9.69 Å². The molecule has 6 heteroatoms. The van der Waals surface area contributed by atoms with Crippen molar-refractivity contribution >= 4 is 12.0 Å². The van der Waals surface area contributed by atoms with Crippen molar-refractivity contribution in [3.8, 4) is 0 Å². The number of hydrogen-bond acceptors (Lipinski definition) is 3. The summed E-state index contributed by atoms with van der Waals surface area (Å²) >= 11 is 0. The summed E-state index contributed by atoms with van der Waals surface area (Å²) in [6.45, 7) is 4.31. The van der Waals surface area contributed by atoms with Gasteiger partial charge in [0.05, 0.1) is 5.92 Å². The van der Waals surface area contributed by atoms with E-state index < -0.39 is 6.09 Å². The molecule has 0 radical (unpaired) electrons. The lowest BCUT2D eigenvalue weighted by Gasteiger charge is -2.45. The standard InChI is InChI=1S/C13H21N3O3/c17-12(10-8-16(9-10)13(18)19)15-6-4-14(5-7-15)11-2-1-3-11/h10-11H,1-9H2,(H,18,19). The topological polar surface area (TPSA) is 64.1 Å². The van der Waals surface area contributed by atoms with Crippen LogP contribution in [0, 0.1) is 5.92 Å². The normalized spacial score (nSPS) is 25.9. The zero-order valence-corrected chi connectivity index (χ0v) is 11.1. The Morgan fingerprint density at radius 3 is 2.05 bits per heavy atom. The minimum atomic E-state index is -0.918. The Balaban J connectivity index is 1.44. The van der Waals surface area contributed by atoms with Crippen LogP contribution in [0.5, 0.6) is 0 Å². The highest BCUT2D eigenvalue weighted by molar-refractivity contribution is 5.82. The minimum absolute atomic E-state index is 0.105. The quantitative estimate of drug-likeness (QED) is 0.781. The van der Waals surface area contributed by atoms with Crippen LogP contribution in [-0.2, 0) is 4.79 Å². The summed E-state index contributed by atoms with van der Waals surface area (Å²) in [6, 6.07) is 0.753. The van der Waals surface area contributed by atoms with Gasteiger partial charge in [-0.2, -0.15) is 0 Å². The minimum Gasteiger partial charge on any atom is -0.465 e. The van der Waals surface area contributed by atoms with E-state index in [2.05, 4.69) is 4.90 Å². The number of hydrogen-bond donors (Lipinski definition) is 1. The fourth-order valence-electron chi connectivity index (χ4n) is 3.11. The number of carbonyl (C=O) groups excluding carboxylic acids is 1. The van der Waals surface area contributed by atoms with E-state index in [1.807, 2.05) is 4.90 Å². The van der Waals surface area contributed by atoms with Crippen LogP contribution in [0.1, 0.15) is 19.3 Å². The van der Waals surface area contributed by atoms with Crippen molar-refractivity contribution in [1.82, 2.24) is 14.7 Å². The second kappa shape index (κ2) is 5.00. The van der Waals surface area contributed by atoms with E-state index in [0.29, 0.717) is 13.1 Å². The monoisotopic (exact) mass is 267 g/mol. The van der Waals surface area contributed by atoms with Gasteiger partial charge in [-0.05, 0) is 12.8 Å². The first-order valence-electron chi connectivity index (χ1n) is 7.16. The molecular formula is C13H21N3O3. The number of nitrogens with zero attached hydrogens (tertiary/aromatic N) is 3. The van der Waals surface area contributed by atoms with Gasteiger partial charge in [0.1, 0.15) is 0 Å². The lowest BCUT2D eigenvalue weighted by atomic mass is 9.91. The van der Waals surface area contributed by atoms with Crippen LogP contribution in [0.2, 0.25) is 0 Å². The van der Waals surface area contributed by atoms with Crippen molar-refractivity contribution in [2.75, 3.05) is 39.3 Å². The molecule has 1 aliphatic carbocycles. The van der Waals surface area contributed by atoms with Crippen molar-refractivity contribution in [1.29, 1.82) is 0 Å². The summed E-state index contributed by atoms with van der Waals surface area (Å²) in [5, 5.41) is 8.77. The molecule has 0 bridgehead atoms. The molecule has 106 valence electrons. The van der Waals surface area contributed by atoms with E-state index in [-0.39, 0.29) is 11.8 Å². The molecule has 2 saturated heterocycles. The molecule has 0 aromatic carbocycles. The number of piperazine rings is 1. The predicted octanol–water partition coefficient (Wildman–Crippen LogP) is 0.293. The van der Waals surface area contributed by atoms with Crippen molar-refractivity contribution in [3.05, 3.63) is 0 Å². The largest absolute Gasteiger partial charge is 0.465 e. The summed E-state index contributed by atoms with van der Waals surface area (Å²) in [6.07, 6.45) is 3.05. The summed E-state index contributed by atoms with van der Waals surface area (Å²) in [5.41, 5.74) is 0. The van der Waals surface area contributed by atoms with Gasteiger partial charge in [0, 0.05) is 45.3 Å². The predicted molar refractivity (Wildman–Crippen MR) is 68.9 cm³/mol. The fourth-order valence-corrected chi connectivity index (χ4v) is 3.11. The third-order valence-electron chi connectivity index (χ3n) is 4.72. The summed E-state index contributed by atoms with van der Waals surface area (Å²) < 4.78 is 0. The van der Waals surface area contributed by atoms with Crippen LogP contribution in [0.4, 0.5) is 4.79 Å². The van der Waals surface area contributed by atoms with Crippen LogP contribution >= 0.6 is 0 Å². The second-order valence-corrected chi connectivity index (χ2v) is 5.83. The van der Waals surface area contributed by atoms with Crippen molar-refractivity contribution < 1.29 is 14.7 Å². The van der Waals surface area contributed by atoms with E-state index >= 15 is 0 Å². The molecule has 0 aromatic rings. The summed E-state index contributed by atoms with van der Waals surface area (Å²) in [7, 11) is 0. The van der Waals surface area contributed by atoms with Crippen LogP contribution in [0.3, 0.4) is 0 Å². The van der Waals surface area contributed by atoms with E-state index in [1.54, 1.807) is 0 Å². The van der Waals surface area contributed by atoms with E-state index in [9.17, 15) is 9.59 Å². The first kappa shape index (κ1) is 12.7. The van der Waals surface area contributed by atoms with Gasteiger partial charge >= 0.3 is 6.09 Å². The first-order chi connectivity index (χ1) is 9.15. The highest BCUT2D eigenvalue weighted by atomic mass is 16.4. The molecule has 1 saturated carbocycles. The van der Waals surface area contributed by atoms with Gasteiger partial charge in [-0.1, -0.05) is 6.42 Å². The maximum absolute atomic E-state index is 12.2. The lowest BCUT2D eigenvalue weighted by Crippen LogP contribution is -2.60. The summed E-state index contributed by atoms with van der Waals surface area (Å²) in [4.78, 5) is 28.6. The summed E-state index contributed by atoms with van der Waals surface area (Å²) in [5.74, 6) is 0.0390. The van der Waals surface area contributed by atoms with Gasteiger partial charge < -0.3 is 14.9 Å². The molecule has 3 rings (SSSR count). The Kier molecular flexibility index (Phi) is 3.35. The highest BCUT2D eigenvalue weighted by Crippen LogP contribution is 2.26. The Morgan fingerprint density at radius 2 is 1.58 bits per heavy atom. The molecule has 0 unspecified atom stereocenters. The van der Waals surface area contributed by atoms with Crippen LogP contribution < -0.4 is 0 Å². The average molecular weight is 267 g/mol. The number of rotatable bonds is 2. The van der Waals surface area contributed by atoms with E-state index in [0.717, 1.165) is 32.2 Å². The Morgan fingerprint density at radius 1 is 0.947 bits per heavy atom. The van der Waals surface area contributed by atoms with Gasteiger partial charge in [-0.25, -0.2) is 4.79 Å². The molecule has 0 atom stereocenters. The average Bonchev–Trinajstić information content (AvgIpc) is 2.25. The third kappa shape index (κ3) is 2.41. The van der Waals surface area contributed by atoms with Crippen LogP contribution in [-0.4, -0.2) is 77.1 Å². The molecule has 0 spiro atoms. The molecule has 2 amide bonds. The Labute approximate surface area is 112 Å². The van der Waals surface area contributed by atoms with Gasteiger partial charge in [0.25, 0.3) is 0 Å². The molecule has 3 fully saturated rings. The zero-order chi connectivity index (χ0) is 13.4. The smallest absolute Gasteiger partial charge is 0.407 e. The fraction of sp³-hybridized carbons (Fsp3) is 0.846. The molecule has 3 aliphatic rings. The first-order valence-corrected chi connectivity index (χ1v) is 7.16. The van der Waals surface area contributed by atoms with Gasteiger partial charge in [0.15, 0.2) is 0 Å². The number of amides is 2. The SMILES string of the molecule is O=C(O)N1CC(C(=O)N2CCN(C3CCC3)CC2)C1. The lowest BCUT2D eigenvalue weighted by molar-refractivity contribution is -0.142. The molecular weight excluding hydrogens is 246 g/mol. The Hall–Kier alpha value is -1.30.